The molecule has 0 spiro atoms. The monoisotopic (exact) mass is 210 g/mol. The van der Waals surface area contributed by atoms with E-state index in [1.54, 1.807) is 0 Å². The van der Waals surface area contributed by atoms with Gasteiger partial charge in [-0.2, -0.15) is 0 Å². The summed E-state index contributed by atoms with van der Waals surface area (Å²) in [5, 5.41) is -0.0571. The van der Waals surface area contributed by atoms with Crippen LogP contribution in [0.2, 0.25) is 0 Å². The number of rotatable bonds is 7. The summed E-state index contributed by atoms with van der Waals surface area (Å²) in [6.45, 7) is 5.78. The van der Waals surface area contributed by atoms with E-state index in [4.69, 9.17) is 16.1 Å². The van der Waals surface area contributed by atoms with Crippen molar-refractivity contribution < 1.29 is 9.09 Å². The number of hydrogen-bond acceptors (Lipinski definition) is 2. The standard InChI is InChI=1S/C8H16ClO2P/c1-3-4-5-6-12(10)11-7-8(2)9/h3,8,12H,1,4-7H2,2H3. The van der Waals surface area contributed by atoms with E-state index in [1.807, 2.05) is 13.0 Å². The summed E-state index contributed by atoms with van der Waals surface area (Å²) in [7, 11) is -1.84. The normalized spacial score (nSPS) is 15.5. The van der Waals surface area contributed by atoms with Gasteiger partial charge in [0.05, 0.1) is 12.0 Å². The maximum Gasteiger partial charge on any atom is 0.191 e. The molecule has 0 aromatic heterocycles. The van der Waals surface area contributed by atoms with Gasteiger partial charge in [-0.05, 0) is 19.8 Å². The Hall–Kier alpha value is 0.220. The molecule has 2 unspecified atom stereocenters. The van der Waals surface area contributed by atoms with Crippen molar-refractivity contribution in [1.29, 1.82) is 0 Å². The average Bonchev–Trinajstić information content (AvgIpc) is 2.01. The van der Waals surface area contributed by atoms with Crippen molar-refractivity contribution in [2.24, 2.45) is 0 Å². The second-order valence-electron chi connectivity index (χ2n) is 2.64. The van der Waals surface area contributed by atoms with Gasteiger partial charge in [0.2, 0.25) is 0 Å². The minimum atomic E-state index is -1.84. The molecule has 0 aliphatic heterocycles. The molecule has 72 valence electrons. The molecule has 0 aliphatic carbocycles. The van der Waals surface area contributed by atoms with Crippen molar-refractivity contribution >= 4 is 19.6 Å². The lowest BCUT2D eigenvalue weighted by atomic mass is 10.3. The third-order valence-corrected chi connectivity index (χ3v) is 2.64. The molecule has 4 heteroatoms. The predicted molar refractivity (Wildman–Crippen MR) is 54.6 cm³/mol. The summed E-state index contributed by atoms with van der Waals surface area (Å²) in [6.07, 6.45) is 4.24. The number of unbranched alkanes of at least 4 members (excludes halogenated alkanes) is 1. The Labute approximate surface area is 79.8 Å². The quantitative estimate of drug-likeness (QED) is 0.279. The molecule has 0 radical (unpaired) electrons. The Balaban J connectivity index is 3.27. The molecular formula is C8H16ClO2P. The molecule has 0 aromatic rings. The zero-order valence-electron chi connectivity index (χ0n) is 7.38. The van der Waals surface area contributed by atoms with Gasteiger partial charge in [0.1, 0.15) is 0 Å². The lowest BCUT2D eigenvalue weighted by Gasteiger charge is -2.04. The highest BCUT2D eigenvalue weighted by atomic mass is 35.5. The van der Waals surface area contributed by atoms with Crippen LogP contribution in [-0.4, -0.2) is 18.1 Å². The van der Waals surface area contributed by atoms with Crippen LogP contribution in [0, 0.1) is 0 Å². The molecule has 0 saturated heterocycles. The topological polar surface area (TPSA) is 26.3 Å². The summed E-state index contributed by atoms with van der Waals surface area (Å²) in [5.74, 6) is 0. The second kappa shape index (κ2) is 7.85. The zero-order valence-corrected chi connectivity index (χ0v) is 9.14. The van der Waals surface area contributed by atoms with Crippen LogP contribution in [0.3, 0.4) is 0 Å². The molecule has 2 atom stereocenters. The minimum absolute atomic E-state index is 0.0571. The first-order chi connectivity index (χ1) is 5.66. The summed E-state index contributed by atoms with van der Waals surface area (Å²) < 4.78 is 16.1. The molecule has 0 fully saturated rings. The first-order valence-corrected chi connectivity index (χ1v) is 6.03. The molecule has 0 aromatic carbocycles. The van der Waals surface area contributed by atoms with Gasteiger partial charge in [0.25, 0.3) is 0 Å². The van der Waals surface area contributed by atoms with Crippen molar-refractivity contribution in [1.82, 2.24) is 0 Å². The Kier molecular flexibility index (Phi) is 7.99. The summed E-state index contributed by atoms with van der Waals surface area (Å²) in [6, 6.07) is 0. The summed E-state index contributed by atoms with van der Waals surface area (Å²) in [4.78, 5) is 0. The van der Waals surface area contributed by atoms with E-state index in [-0.39, 0.29) is 5.38 Å². The molecule has 0 aliphatic rings. The first-order valence-electron chi connectivity index (χ1n) is 4.07. The molecule has 0 saturated carbocycles. The Bertz CT molecular complexity index is 148. The number of allylic oxidation sites excluding steroid dienone is 1. The van der Waals surface area contributed by atoms with E-state index in [0.717, 1.165) is 12.8 Å². The molecule has 12 heavy (non-hydrogen) atoms. The average molecular weight is 211 g/mol. The van der Waals surface area contributed by atoms with Crippen molar-refractivity contribution in [3.8, 4) is 0 Å². The Morgan fingerprint density at radius 2 is 2.42 bits per heavy atom. The van der Waals surface area contributed by atoms with Crippen molar-refractivity contribution in [3.05, 3.63) is 12.7 Å². The smallest absolute Gasteiger partial charge is 0.191 e. The third-order valence-electron chi connectivity index (χ3n) is 1.26. The summed E-state index contributed by atoms with van der Waals surface area (Å²) in [5.41, 5.74) is 0. The van der Waals surface area contributed by atoms with Gasteiger partial charge in [-0.1, -0.05) is 6.08 Å². The van der Waals surface area contributed by atoms with E-state index in [9.17, 15) is 4.57 Å². The van der Waals surface area contributed by atoms with E-state index < -0.39 is 8.03 Å². The van der Waals surface area contributed by atoms with Crippen LogP contribution >= 0.6 is 19.6 Å². The van der Waals surface area contributed by atoms with Gasteiger partial charge in [-0.3, -0.25) is 4.57 Å². The van der Waals surface area contributed by atoms with Crippen molar-refractivity contribution in [2.75, 3.05) is 12.8 Å². The maximum atomic E-state index is 11.1. The molecule has 0 rings (SSSR count). The van der Waals surface area contributed by atoms with Gasteiger partial charge >= 0.3 is 0 Å². The maximum absolute atomic E-state index is 11.1. The molecule has 0 bridgehead atoms. The van der Waals surface area contributed by atoms with Crippen molar-refractivity contribution in [3.63, 3.8) is 0 Å². The molecule has 0 N–H and O–H groups in total. The van der Waals surface area contributed by atoms with E-state index in [1.165, 1.54) is 0 Å². The molecule has 0 heterocycles. The highest BCUT2D eigenvalue weighted by Gasteiger charge is 2.01. The van der Waals surface area contributed by atoms with Crippen molar-refractivity contribution in [2.45, 2.75) is 25.1 Å². The fraction of sp³-hybridized carbons (Fsp3) is 0.750. The van der Waals surface area contributed by atoms with Crippen LogP contribution in [0.5, 0.6) is 0 Å². The number of halogens is 1. The van der Waals surface area contributed by atoms with Crippen LogP contribution in [0.15, 0.2) is 12.7 Å². The number of alkyl halides is 1. The Morgan fingerprint density at radius 3 is 2.92 bits per heavy atom. The fourth-order valence-corrected chi connectivity index (χ4v) is 1.91. The zero-order chi connectivity index (χ0) is 9.40. The van der Waals surface area contributed by atoms with Crippen LogP contribution in [-0.2, 0) is 9.09 Å². The Morgan fingerprint density at radius 1 is 1.75 bits per heavy atom. The lowest BCUT2D eigenvalue weighted by Crippen LogP contribution is -2.00. The van der Waals surface area contributed by atoms with Crippen LogP contribution in [0.4, 0.5) is 0 Å². The largest absolute Gasteiger partial charge is 0.329 e. The van der Waals surface area contributed by atoms with E-state index in [0.29, 0.717) is 12.8 Å². The van der Waals surface area contributed by atoms with Gasteiger partial charge in [-0.15, -0.1) is 18.2 Å². The highest BCUT2D eigenvalue weighted by molar-refractivity contribution is 7.39. The lowest BCUT2D eigenvalue weighted by molar-refractivity contribution is 0.331. The van der Waals surface area contributed by atoms with Gasteiger partial charge in [-0.25, -0.2) is 0 Å². The van der Waals surface area contributed by atoms with Crippen LogP contribution in [0.25, 0.3) is 0 Å². The predicted octanol–water partition coefficient (Wildman–Crippen LogP) is 3.07. The molecular weight excluding hydrogens is 195 g/mol. The highest BCUT2D eigenvalue weighted by Crippen LogP contribution is 2.24. The van der Waals surface area contributed by atoms with Crippen LogP contribution < -0.4 is 0 Å². The van der Waals surface area contributed by atoms with E-state index in [2.05, 4.69) is 6.58 Å². The third kappa shape index (κ3) is 8.32. The minimum Gasteiger partial charge on any atom is -0.329 e. The summed E-state index contributed by atoms with van der Waals surface area (Å²) >= 11 is 5.62. The number of hydrogen-bond donors (Lipinski definition) is 0. The van der Waals surface area contributed by atoms with Gasteiger partial charge < -0.3 is 4.52 Å². The van der Waals surface area contributed by atoms with Gasteiger partial charge in [0, 0.05) is 6.16 Å². The SMILES string of the molecule is C=CCCC[PH](=O)OCC(C)Cl. The van der Waals surface area contributed by atoms with Gasteiger partial charge in [0.15, 0.2) is 8.03 Å². The van der Waals surface area contributed by atoms with Crippen LogP contribution in [0.1, 0.15) is 19.8 Å². The second-order valence-corrected chi connectivity index (χ2v) is 4.92. The fourth-order valence-electron chi connectivity index (χ4n) is 0.671. The molecule has 2 nitrogen and oxygen atoms in total. The first kappa shape index (κ1) is 12.2. The molecule has 0 amide bonds. The van der Waals surface area contributed by atoms with E-state index >= 15 is 0 Å².